The topological polar surface area (TPSA) is 86.5 Å². The number of ether oxygens (including phenoxy) is 2. The molecule has 1 aliphatic heterocycles. The van der Waals surface area contributed by atoms with Crippen LogP contribution in [0, 0.1) is 11.8 Å². The molecule has 0 spiro atoms. The Balaban J connectivity index is 1.99. The number of nitrogens with zero attached hydrogens (tertiary/aromatic N) is 1. The van der Waals surface area contributed by atoms with E-state index >= 15 is 0 Å². The summed E-state index contributed by atoms with van der Waals surface area (Å²) in [7, 11) is 0. The molecule has 1 aromatic heterocycles. The van der Waals surface area contributed by atoms with Crippen molar-refractivity contribution in [3.63, 3.8) is 0 Å². The molecule has 0 aromatic carbocycles. The van der Waals surface area contributed by atoms with Crippen LogP contribution in [0.5, 0.6) is 0 Å². The summed E-state index contributed by atoms with van der Waals surface area (Å²) in [4.78, 5) is 15.9. The van der Waals surface area contributed by atoms with Gasteiger partial charge >= 0.3 is 0 Å². The standard InChI is InChI=1S/C13H15N3O3/c14-4-1-2-10-3-5-15-12(8-10)16-13(17)11-9-18-6-7-19-11/h3,5,8,11H,4,6-7,9,14H2,(H,15,16,17). The Morgan fingerprint density at radius 2 is 2.47 bits per heavy atom. The van der Waals surface area contributed by atoms with Crippen molar-refractivity contribution in [2.24, 2.45) is 5.73 Å². The lowest BCUT2D eigenvalue weighted by Crippen LogP contribution is -2.39. The summed E-state index contributed by atoms with van der Waals surface area (Å²) in [5.41, 5.74) is 6.05. The third kappa shape index (κ3) is 4.03. The van der Waals surface area contributed by atoms with E-state index in [9.17, 15) is 4.79 Å². The van der Waals surface area contributed by atoms with E-state index < -0.39 is 6.10 Å². The van der Waals surface area contributed by atoms with Crippen LogP contribution in [0.4, 0.5) is 5.82 Å². The fourth-order valence-electron chi connectivity index (χ4n) is 1.58. The Labute approximate surface area is 111 Å². The Hall–Kier alpha value is -1.94. The van der Waals surface area contributed by atoms with Crippen LogP contribution in [0.25, 0.3) is 0 Å². The molecule has 6 heteroatoms. The number of nitrogens with one attached hydrogen (secondary N) is 1. The van der Waals surface area contributed by atoms with E-state index in [1.165, 1.54) is 0 Å². The third-order valence-electron chi connectivity index (χ3n) is 2.45. The monoisotopic (exact) mass is 261 g/mol. The van der Waals surface area contributed by atoms with Crippen molar-refractivity contribution in [3.05, 3.63) is 23.9 Å². The zero-order chi connectivity index (χ0) is 13.5. The van der Waals surface area contributed by atoms with E-state index in [-0.39, 0.29) is 19.1 Å². The highest BCUT2D eigenvalue weighted by Crippen LogP contribution is 2.08. The molecular formula is C13H15N3O3. The molecule has 1 atom stereocenters. The van der Waals surface area contributed by atoms with Gasteiger partial charge in [0.25, 0.3) is 5.91 Å². The van der Waals surface area contributed by atoms with E-state index in [0.717, 1.165) is 5.56 Å². The van der Waals surface area contributed by atoms with Gasteiger partial charge in [0.05, 0.1) is 26.4 Å². The highest BCUT2D eigenvalue weighted by atomic mass is 16.6. The Kier molecular flexibility index (Phi) is 4.86. The van der Waals surface area contributed by atoms with Crippen LogP contribution >= 0.6 is 0 Å². The normalized spacial score (nSPS) is 18.3. The lowest BCUT2D eigenvalue weighted by Gasteiger charge is -2.21. The molecule has 0 bridgehead atoms. The Bertz CT molecular complexity index is 501. The maximum Gasteiger partial charge on any atom is 0.257 e. The van der Waals surface area contributed by atoms with Gasteiger partial charge in [-0.1, -0.05) is 11.8 Å². The van der Waals surface area contributed by atoms with Gasteiger partial charge in [0.1, 0.15) is 5.82 Å². The molecule has 6 nitrogen and oxygen atoms in total. The molecule has 1 aliphatic rings. The SMILES string of the molecule is NCC#Cc1ccnc(NC(=O)C2COCCO2)c1. The van der Waals surface area contributed by atoms with Crippen LogP contribution in [0.15, 0.2) is 18.3 Å². The molecule has 1 unspecified atom stereocenters. The highest BCUT2D eigenvalue weighted by Gasteiger charge is 2.22. The number of rotatable bonds is 2. The number of amides is 1. The van der Waals surface area contributed by atoms with E-state index in [1.807, 2.05) is 0 Å². The summed E-state index contributed by atoms with van der Waals surface area (Å²) in [6.45, 7) is 1.50. The van der Waals surface area contributed by atoms with Crippen LogP contribution in [-0.2, 0) is 14.3 Å². The number of anilines is 1. The summed E-state index contributed by atoms with van der Waals surface area (Å²) in [6, 6.07) is 3.43. The van der Waals surface area contributed by atoms with Crippen molar-refractivity contribution in [3.8, 4) is 11.8 Å². The molecule has 3 N–H and O–H groups in total. The number of pyridine rings is 1. The minimum absolute atomic E-state index is 0.262. The Morgan fingerprint density at radius 3 is 3.21 bits per heavy atom. The molecular weight excluding hydrogens is 246 g/mol. The smallest absolute Gasteiger partial charge is 0.257 e. The fraction of sp³-hybridized carbons (Fsp3) is 0.385. The number of hydrogen-bond acceptors (Lipinski definition) is 5. The number of carbonyl (C=O) groups is 1. The summed E-state index contributed by atoms with van der Waals surface area (Å²) in [5, 5.41) is 2.67. The number of nitrogens with two attached hydrogens (primary N) is 1. The summed E-state index contributed by atoms with van der Waals surface area (Å²) < 4.78 is 10.5. The molecule has 1 amide bonds. The minimum atomic E-state index is -0.589. The van der Waals surface area contributed by atoms with Crippen molar-refractivity contribution >= 4 is 11.7 Å². The lowest BCUT2D eigenvalue weighted by atomic mass is 10.2. The van der Waals surface area contributed by atoms with Crippen molar-refractivity contribution in [1.82, 2.24) is 4.98 Å². The zero-order valence-electron chi connectivity index (χ0n) is 10.4. The van der Waals surface area contributed by atoms with Crippen LogP contribution < -0.4 is 11.1 Å². The molecule has 100 valence electrons. The van der Waals surface area contributed by atoms with Crippen LogP contribution in [0.2, 0.25) is 0 Å². The molecule has 0 saturated carbocycles. The number of hydrogen-bond donors (Lipinski definition) is 2. The van der Waals surface area contributed by atoms with Crippen molar-refractivity contribution in [1.29, 1.82) is 0 Å². The van der Waals surface area contributed by atoms with Crippen molar-refractivity contribution in [2.75, 3.05) is 31.7 Å². The molecule has 1 saturated heterocycles. The maximum atomic E-state index is 11.9. The first kappa shape index (κ1) is 13.5. The summed E-state index contributed by atoms with van der Waals surface area (Å²) in [5.74, 6) is 5.78. The maximum absolute atomic E-state index is 11.9. The second-order valence-corrected chi connectivity index (χ2v) is 3.86. The summed E-state index contributed by atoms with van der Waals surface area (Å²) in [6.07, 6.45) is 0.989. The quantitative estimate of drug-likeness (QED) is 0.717. The summed E-state index contributed by atoms with van der Waals surface area (Å²) >= 11 is 0. The van der Waals surface area contributed by atoms with E-state index in [0.29, 0.717) is 19.0 Å². The van der Waals surface area contributed by atoms with Crippen molar-refractivity contribution in [2.45, 2.75) is 6.10 Å². The van der Waals surface area contributed by atoms with Gasteiger partial charge < -0.3 is 20.5 Å². The van der Waals surface area contributed by atoms with Gasteiger partial charge in [-0.15, -0.1) is 0 Å². The minimum Gasteiger partial charge on any atom is -0.376 e. The average molecular weight is 261 g/mol. The first-order chi connectivity index (χ1) is 9.29. The van der Waals surface area contributed by atoms with Crippen molar-refractivity contribution < 1.29 is 14.3 Å². The number of aromatic nitrogens is 1. The van der Waals surface area contributed by atoms with Gasteiger partial charge in [0.15, 0.2) is 6.10 Å². The van der Waals surface area contributed by atoms with Crippen LogP contribution in [0.1, 0.15) is 5.56 Å². The van der Waals surface area contributed by atoms with E-state index in [2.05, 4.69) is 22.1 Å². The van der Waals surface area contributed by atoms with Crippen LogP contribution in [0.3, 0.4) is 0 Å². The molecule has 1 aromatic rings. The first-order valence-electron chi connectivity index (χ1n) is 5.95. The second kappa shape index (κ2) is 6.85. The predicted octanol–water partition coefficient (Wildman–Crippen LogP) is -0.254. The predicted molar refractivity (Wildman–Crippen MR) is 69.4 cm³/mol. The highest BCUT2D eigenvalue weighted by molar-refractivity contribution is 5.93. The largest absolute Gasteiger partial charge is 0.376 e. The molecule has 2 rings (SSSR count). The average Bonchev–Trinajstić information content (AvgIpc) is 2.46. The zero-order valence-corrected chi connectivity index (χ0v) is 10.4. The molecule has 0 radical (unpaired) electrons. The molecule has 1 fully saturated rings. The third-order valence-corrected chi connectivity index (χ3v) is 2.45. The first-order valence-corrected chi connectivity index (χ1v) is 5.95. The number of carbonyl (C=O) groups excluding carboxylic acids is 1. The van der Waals surface area contributed by atoms with Crippen LogP contribution in [-0.4, -0.2) is 43.4 Å². The molecule has 19 heavy (non-hydrogen) atoms. The molecule has 2 heterocycles. The fourth-order valence-corrected chi connectivity index (χ4v) is 1.58. The van der Waals surface area contributed by atoms with Gasteiger partial charge in [-0.25, -0.2) is 4.98 Å². The molecule has 0 aliphatic carbocycles. The van der Waals surface area contributed by atoms with Gasteiger partial charge in [0, 0.05) is 11.8 Å². The van der Waals surface area contributed by atoms with E-state index in [1.54, 1.807) is 18.3 Å². The Morgan fingerprint density at radius 1 is 1.58 bits per heavy atom. The van der Waals surface area contributed by atoms with Gasteiger partial charge in [-0.2, -0.15) is 0 Å². The van der Waals surface area contributed by atoms with Gasteiger partial charge in [0.2, 0.25) is 0 Å². The van der Waals surface area contributed by atoms with Gasteiger partial charge in [-0.3, -0.25) is 4.79 Å². The second-order valence-electron chi connectivity index (χ2n) is 3.86. The van der Waals surface area contributed by atoms with E-state index in [4.69, 9.17) is 15.2 Å². The lowest BCUT2D eigenvalue weighted by molar-refractivity contribution is -0.142. The van der Waals surface area contributed by atoms with Gasteiger partial charge in [-0.05, 0) is 12.1 Å².